The molecule has 6 heteroatoms. The third-order valence-electron chi connectivity index (χ3n) is 6.45. The number of hydrogen-bond donors (Lipinski definition) is 0. The van der Waals surface area contributed by atoms with Crippen LogP contribution in [0.3, 0.4) is 0 Å². The Balaban J connectivity index is 2.07. The smallest absolute Gasteiger partial charge is 0.199 e. The zero-order valence-electron chi connectivity index (χ0n) is 17.7. The Kier molecular flexibility index (Phi) is 4.98. The average Bonchev–Trinajstić information content (AvgIpc) is 3.09. The van der Waals surface area contributed by atoms with E-state index in [-0.39, 0.29) is 5.78 Å². The van der Waals surface area contributed by atoms with Gasteiger partial charge in [0.15, 0.2) is 25.5 Å². The number of aromatic nitrogens is 2. The highest BCUT2D eigenvalue weighted by molar-refractivity contribution is 6.81. The first kappa shape index (κ1) is 19.7. The second-order valence-electron chi connectivity index (χ2n) is 8.35. The maximum absolute atomic E-state index is 13.7. The minimum Gasteiger partial charge on any atom is -0.493 e. The summed E-state index contributed by atoms with van der Waals surface area (Å²) < 4.78 is 14.1. The number of rotatable bonds is 3. The van der Waals surface area contributed by atoms with Gasteiger partial charge in [-0.25, -0.2) is 4.98 Å². The van der Waals surface area contributed by atoms with Crippen LogP contribution in [0, 0.1) is 0 Å². The largest absolute Gasteiger partial charge is 0.493 e. The molecule has 3 aromatic rings. The minimum atomic E-state index is -2.12. The van der Waals surface area contributed by atoms with Crippen LogP contribution in [0.15, 0.2) is 42.7 Å². The van der Waals surface area contributed by atoms with E-state index in [1.165, 1.54) is 0 Å². The topological polar surface area (TPSA) is 53.4 Å². The molecule has 1 aromatic carbocycles. The molecule has 2 aromatic heterocycles. The van der Waals surface area contributed by atoms with Crippen molar-refractivity contribution < 1.29 is 14.3 Å². The van der Waals surface area contributed by atoms with Gasteiger partial charge in [-0.05, 0) is 41.4 Å². The van der Waals surface area contributed by atoms with Crippen LogP contribution in [-0.2, 0) is 0 Å². The summed E-state index contributed by atoms with van der Waals surface area (Å²) in [5.74, 6) is 1.09. The molecular weight excluding hydrogens is 380 g/mol. The molecule has 1 aliphatic heterocycles. The molecule has 0 radical (unpaired) electrons. The van der Waals surface area contributed by atoms with Crippen molar-refractivity contribution in [2.24, 2.45) is 0 Å². The lowest BCUT2D eigenvalue weighted by Crippen LogP contribution is -2.50. The number of hydrogen-bond acceptors (Lipinski definition) is 4. The first-order chi connectivity index (χ1) is 13.9. The number of carbonyl (C=O) groups is 1. The van der Waals surface area contributed by atoms with Crippen LogP contribution in [0.25, 0.3) is 11.0 Å². The van der Waals surface area contributed by atoms with Crippen LogP contribution >= 0.6 is 0 Å². The van der Waals surface area contributed by atoms with Crippen molar-refractivity contribution in [1.29, 1.82) is 0 Å². The highest BCUT2D eigenvalue weighted by Crippen LogP contribution is 2.42. The maximum Gasteiger partial charge on any atom is 0.199 e. The standard InChI is InChI=1S/C23H28N2O3Si/c1-15(2)29(16(3)4)13-12-28-22-18(8-6-10-20(22)27-5)21(26)19-14-25(29)23-17(19)9-7-11-24-23/h6-11,14-16H,12-13H2,1-5H3. The van der Waals surface area contributed by atoms with Crippen LogP contribution in [0.1, 0.15) is 43.6 Å². The third kappa shape index (κ3) is 2.89. The fourth-order valence-corrected chi connectivity index (χ4v) is 10.2. The molecule has 0 amide bonds. The van der Waals surface area contributed by atoms with Gasteiger partial charge >= 0.3 is 0 Å². The lowest BCUT2D eigenvalue weighted by Gasteiger charge is -2.41. The molecule has 4 rings (SSSR count). The Morgan fingerprint density at radius 3 is 2.55 bits per heavy atom. The van der Waals surface area contributed by atoms with Crippen molar-refractivity contribution in [2.45, 2.75) is 44.8 Å². The highest BCUT2D eigenvalue weighted by Gasteiger charge is 2.44. The Labute approximate surface area is 172 Å². The Bertz CT molecular complexity index is 1060. The molecule has 0 fully saturated rings. The Morgan fingerprint density at radius 1 is 1.10 bits per heavy atom. The van der Waals surface area contributed by atoms with Crippen LogP contribution in [-0.4, -0.2) is 37.0 Å². The highest BCUT2D eigenvalue weighted by atomic mass is 28.3. The molecule has 0 atom stereocenters. The molecule has 0 spiro atoms. The van der Waals surface area contributed by atoms with E-state index in [1.807, 2.05) is 36.5 Å². The number of ketones is 1. The molecule has 0 saturated heterocycles. The van der Waals surface area contributed by atoms with E-state index < -0.39 is 8.24 Å². The van der Waals surface area contributed by atoms with Crippen molar-refractivity contribution in [1.82, 2.24) is 9.22 Å². The lowest BCUT2D eigenvalue weighted by molar-refractivity contribution is 0.103. The summed E-state index contributed by atoms with van der Waals surface area (Å²) in [5, 5.41) is 0.909. The number of fused-ring (bicyclic) bond motifs is 6. The van der Waals surface area contributed by atoms with Crippen LogP contribution in [0.4, 0.5) is 0 Å². The van der Waals surface area contributed by atoms with Gasteiger partial charge in [-0.3, -0.25) is 4.79 Å². The van der Waals surface area contributed by atoms with Gasteiger partial charge < -0.3 is 13.7 Å². The number of benzene rings is 1. The van der Waals surface area contributed by atoms with Crippen LogP contribution < -0.4 is 9.47 Å². The van der Waals surface area contributed by atoms with Gasteiger partial charge in [0.2, 0.25) is 0 Å². The van der Waals surface area contributed by atoms with E-state index in [1.54, 1.807) is 7.11 Å². The molecule has 5 nitrogen and oxygen atoms in total. The summed E-state index contributed by atoms with van der Waals surface area (Å²) in [6.45, 7) is 9.72. The summed E-state index contributed by atoms with van der Waals surface area (Å²) in [6.07, 6.45) is 3.89. The molecule has 0 aliphatic carbocycles. The zero-order valence-corrected chi connectivity index (χ0v) is 18.7. The van der Waals surface area contributed by atoms with Crippen LogP contribution in [0.5, 0.6) is 11.5 Å². The van der Waals surface area contributed by atoms with Gasteiger partial charge in [-0.15, -0.1) is 0 Å². The first-order valence-electron chi connectivity index (χ1n) is 10.2. The predicted octanol–water partition coefficient (Wildman–Crippen LogP) is 5.28. The van der Waals surface area contributed by atoms with Gasteiger partial charge in [0, 0.05) is 23.3 Å². The maximum atomic E-state index is 13.7. The summed E-state index contributed by atoms with van der Waals surface area (Å²) in [4.78, 5) is 18.4. The molecule has 0 N–H and O–H groups in total. The Morgan fingerprint density at radius 2 is 1.86 bits per heavy atom. The minimum absolute atomic E-state index is 0.0482. The molecular formula is C23H28N2O3Si. The van der Waals surface area contributed by atoms with E-state index in [2.05, 4.69) is 38.1 Å². The molecule has 29 heavy (non-hydrogen) atoms. The van der Waals surface area contributed by atoms with E-state index in [0.717, 1.165) is 17.1 Å². The van der Waals surface area contributed by atoms with Gasteiger partial charge in [-0.1, -0.05) is 33.8 Å². The monoisotopic (exact) mass is 408 g/mol. The quantitative estimate of drug-likeness (QED) is 0.553. The summed E-state index contributed by atoms with van der Waals surface area (Å²) in [6, 6.07) is 10.3. The summed E-state index contributed by atoms with van der Waals surface area (Å²) >= 11 is 0. The predicted molar refractivity (Wildman–Crippen MR) is 118 cm³/mol. The van der Waals surface area contributed by atoms with Gasteiger partial charge in [0.1, 0.15) is 5.65 Å². The summed E-state index contributed by atoms with van der Waals surface area (Å²) in [7, 11) is -0.505. The fourth-order valence-electron chi connectivity index (χ4n) is 4.94. The number of methoxy groups -OCH3 is 1. The van der Waals surface area contributed by atoms with Crippen LogP contribution in [0.2, 0.25) is 17.1 Å². The van der Waals surface area contributed by atoms with Crippen molar-refractivity contribution >= 4 is 25.1 Å². The molecule has 1 aliphatic rings. The first-order valence-corrected chi connectivity index (χ1v) is 12.5. The third-order valence-corrected chi connectivity index (χ3v) is 12.7. The van der Waals surface area contributed by atoms with Crippen molar-refractivity contribution in [3.8, 4) is 11.5 Å². The molecule has 152 valence electrons. The van der Waals surface area contributed by atoms with Crippen molar-refractivity contribution in [3.05, 3.63) is 53.9 Å². The Hall–Kier alpha value is -2.60. The van der Waals surface area contributed by atoms with Crippen molar-refractivity contribution in [2.75, 3.05) is 13.7 Å². The number of ether oxygens (including phenoxy) is 2. The number of para-hydroxylation sites is 1. The van der Waals surface area contributed by atoms with Gasteiger partial charge in [-0.2, -0.15) is 0 Å². The number of pyridine rings is 1. The average molecular weight is 409 g/mol. The normalized spacial score (nSPS) is 16.0. The SMILES string of the molecule is COc1cccc2c1OCC[Si](C(C)C)(C(C)C)n1cc(c3cccnc31)C2=O. The van der Waals surface area contributed by atoms with Crippen molar-refractivity contribution in [3.63, 3.8) is 0 Å². The number of carbonyl (C=O) groups excluding carboxylic acids is 1. The zero-order chi connectivity index (χ0) is 20.8. The van der Waals surface area contributed by atoms with Gasteiger partial charge in [0.05, 0.1) is 19.3 Å². The van der Waals surface area contributed by atoms with E-state index in [9.17, 15) is 4.79 Å². The molecule has 3 heterocycles. The molecule has 0 unspecified atom stereocenters. The summed E-state index contributed by atoms with van der Waals surface area (Å²) in [5.41, 5.74) is 3.06. The molecule has 0 saturated carbocycles. The lowest BCUT2D eigenvalue weighted by atomic mass is 10.0. The van der Waals surface area contributed by atoms with Gasteiger partial charge in [0.25, 0.3) is 0 Å². The van der Waals surface area contributed by atoms with E-state index in [0.29, 0.717) is 40.3 Å². The van der Waals surface area contributed by atoms with E-state index in [4.69, 9.17) is 14.5 Å². The second-order valence-corrected chi connectivity index (χ2v) is 13.6. The second kappa shape index (κ2) is 7.33. The molecule has 2 bridgehead atoms. The number of nitrogens with zero attached hydrogens (tertiary/aromatic N) is 2. The van der Waals surface area contributed by atoms with E-state index >= 15 is 0 Å². The fraction of sp³-hybridized carbons (Fsp3) is 0.391.